The number of aryl methyl sites for hydroxylation is 2. The summed E-state index contributed by atoms with van der Waals surface area (Å²) < 4.78 is 0. The Bertz CT molecular complexity index is 1860. The van der Waals surface area contributed by atoms with Gasteiger partial charge in [0.05, 0.1) is 0 Å². The van der Waals surface area contributed by atoms with Gasteiger partial charge >= 0.3 is 30.2 Å². The monoisotopic (exact) mass is 712 g/mol. The van der Waals surface area contributed by atoms with Crippen molar-refractivity contribution >= 4 is 28.4 Å². The summed E-state index contributed by atoms with van der Waals surface area (Å²) in [6.07, 6.45) is 0. The van der Waals surface area contributed by atoms with Gasteiger partial charge in [-0.2, -0.15) is 11.6 Å². The molecule has 0 aliphatic heterocycles. The van der Waals surface area contributed by atoms with Crippen LogP contribution in [-0.4, -0.2) is 6.88 Å². The summed E-state index contributed by atoms with van der Waals surface area (Å²) in [5.74, 6) is 0.573. The molecule has 0 atom stereocenters. The molecule has 6 rings (SSSR count). The standard InChI is InChI=1S/C22H25.C21H23.2CH3.Si.Zr/c1-15(2)18-13-17-7-6-8-20(21(17)14-18)16-9-11-19(12-10-16)22(3,4)5;1-14-13-17-7-6-8-19(20(17)15(14)2)16-9-11-18(12-10-16)21(3,4)5;;;;/h6-15H,1-5H3;6-13H,1-5H3;2*1H3;;/q4*-1;;. The second-order valence-electron chi connectivity index (χ2n) is 14.6. The van der Waals surface area contributed by atoms with E-state index in [4.69, 9.17) is 0 Å². The second kappa shape index (κ2) is 16.5. The summed E-state index contributed by atoms with van der Waals surface area (Å²) in [4.78, 5) is 0. The van der Waals surface area contributed by atoms with Gasteiger partial charge in [0, 0.05) is 0 Å². The predicted molar refractivity (Wildman–Crippen MR) is 209 cm³/mol. The van der Waals surface area contributed by atoms with Crippen molar-refractivity contribution in [3.05, 3.63) is 146 Å². The zero-order chi connectivity index (χ0) is 33.1. The summed E-state index contributed by atoms with van der Waals surface area (Å²) in [5, 5.41) is 5.47. The van der Waals surface area contributed by atoms with Crippen LogP contribution in [0.25, 0.3) is 43.8 Å². The molecule has 0 aromatic heterocycles. The van der Waals surface area contributed by atoms with E-state index in [0.717, 1.165) is 0 Å². The molecule has 0 unspecified atom stereocenters. The van der Waals surface area contributed by atoms with Crippen LogP contribution >= 0.6 is 0 Å². The van der Waals surface area contributed by atoms with Crippen LogP contribution in [0.2, 0.25) is 0 Å². The summed E-state index contributed by atoms with van der Waals surface area (Å²) in [6.45, 7) is 25.5. The van der Waals surface area contributed by atoms with Crippen molar-refractivity contribution in [3.8, 4) is 22.3 Å². The van der Waals surface area contributed by atoms with E-state index in [9.17, 15) is 0 Å². The van der Waals surface area contributed by atoms with Crippen LogP contribution < -0.4 is 0 Å². The molecule has 0 aliphatic rings. The van der Waals surface area contributed by atoms with Crippen molar-refractivity contribution < 1.29 is 23.3 Å². The van der Waals surface area contributed by atoms with Crippen molar-refractivity contribution in [2.75, 3.05) is 0 Å². The number of rotatable bonds is 3. The molecule has 0 nitrogen and oxygen atoms in total. The summed E-state index contributed by atoms with van der Waals surface area (Å²) in [7, 11) is 0. The molecule has 2 heteroatoms. The molecule has 0 saturated heterocycles. The van der Waals surface area contributed by atoms with Gasteiger partial charge in [0.15, 0.2) is 0 Å². The van der Waals surface area contributed by atoms with Gasteiger partial charge in [-0.25, -0.2) is 0 Å². The zero-order valence-electron chi connectivity index (χ0n) is 30.9. The Morgan fingerprint density at radius 1 is 0.596 bits per heavy atom. The van der Waals surface area contributed by atoms with Gasteiger partial charge in [0.1, 0.15) is 0 Å². The molecule has 246 valence electrons. The van der Waals surface area contributed by atoms with Crippen molar-refractivity contribution in [1.29, 1.82) is 0 Å². The van der Waals surface area contributed by atoms with Crippen LogP contribution in [0.1, 0.15) is 89.1 Å². The molecule has 0 spiro atoms. The Kier molecular flexibility index (Phi) is 14.2. The molecule has 0 bridgehead atoms. The van der Waals surface area contributed by atoms with Crippen LogP contribution in [0.15, 0.2) is 103 Å². The van der Waals surface area contributed by atoms with Crippen molar-refractivity contribution in [2.45, 2.75) is 86.0 Å². The Balaban J connectivity index is 0.000000299. The molecule has 0 saturated carbocycles. The van der Waals surface area contributed by atoms with Crippen LogP contribution in [0.4, 0.5) is 0 Å². The van der Waals surface area contributed by atoms with E-state index in [-0.39, 0.29) is 25.7 Å². The molecule has 2 radical (unpaired) electrons. The number of fused-ring (bicyclic) bond motifs is 2. The molecule has 6 aromatic carbocycles. The minimum absolute atomic E-state index is 0. The SMILES string of the molecule is CC(C)c1cc2c(-c3ccc(C(C)(C)C)cc3)cccc2[cH-]1.Cc1[cH-]c2cccc(-c3ccc(C(C)(C)C)cc3)c2c1C.[CH3-].[CH3-].[Si]=[Zr]. The first-order valence-corrected chi connectivity index (χ1v) is 20.2. The average molecular weight is 714 g/mol. The van der Waals surface area contributed by atoms with Gasteiger partial charge in [0.2, 0.25) is 0 Å². The van der Waals surface area contributed by atoms with Crippen LogP contribution in [-0.2, 0) is 34.2 Å². The van der Waals surface area contributed by atoms with Gasteiger partial charge in [-0.1, -0.05) is 141 Å². The zero-order valence-corrected chi connectivity index (χ0v) is 34.4. The van der Waals surface area contributed by atoms with Crippen molar-refractivity contribution in [2.24, 2.45) is 0 Å². The molecule has 0 fully saturated rings. The molecule has 0 amide bonds. The van der Waals surface area contributed by atoms with Crippen LogP contribution in [0.3, 0.4) is 0 Å². The Hall–Kier alpha value is -2.80. The van der Waals surface area contributed by atoms with E-state index < -0.39 is 0 Å². The van der Waals surface area contributed by atoms with E-state index in [1.165, 1.54) is 95.0 Å². The van der Waals surface area contributed by atoms with E-state index in [0.29, 0.717) is 5.92 Å². The molecular weight excluding hydrogens is 660 g/mol. The summed E-state index contributed by atoms with van der Waals surface area (Å²) in [6, 6.07) is 38.3. The second-order valence-corrected chi connectivity index (χ2v) is 14.6. The maximum atomic E-state index is 3.06. The fraction of sp³-hybridized carbons (Fsp3) is 0.289. The van der Waals surface area contributed by atoms with E-state index in [1.54, 1.807) is 0 Å². The third-order valence-electron chi connectivity index (χ3n) is 9.00. The Morgan fingerprint density at radius 3 is 1.51 bits per heavy atom. The minimum atomic E-state index is 0. The predicted octanol–water partition coefficient (Wildman–Crippen LogP) is 13.3. The van der Waals surface area contributed by atoms with E-state index in [1.807, 2.05) is 0 Å². The number of hydrogen-bond donors (Lipinski definition) is 0. The summed E-state index contributed by atoms with van der Waals surface area (Å²) >= 11 is 1.36. The van der Waals surface area contributed by atoms with E-state index >= 15 is 0 Å². The molecule has 0 heterocycles. The topological polar surface area (TPSA) is 0 Å². The van der Waals surface area contributed by atoms with Crippen molar-refractivity contribution in [3.63, 3.8) is 0 Å². The van der Waals surface area contributed by atoms with Gasteiger partial charge in [-0.3, -0.25) is 0 Å². The molecule has 0 N–H and O–H groups in total. The fourth-order valence-corrected chi connectivity index (χ4v) is 6.03. The number of hydrogen-bond acceptors (Lipinski definition) is 0. The van der Waals surface area contributed by atoms with Gasteiger partial charge in [0.25, 0.3) is 0 Å². The average Bonchev–Trinajstić information content (AvgIpc) is 3.58. The Morgan fingerprint density at radius 2 is 1.04 bits per heavy atom. The molecular formula is C45H54SiZr-4. The van der Waals surface area contributed by atoms with E-state index in [2.05, 4.69) is 179 Å². The molecule has 6 aromatic rings. The number of benzene rings is 4. The van der Waals surface area contributed by atoms with Crippen LogP contribution in [0.5, 0.6) is 0 Å². The van der Waals surface area contributed by atoms with Gasteiger partial charge < -0.3 is 14.9 Å². The normalized spacial score (nSPS) is 11.2. The quantitative estimate of drug-likeness (QED) is 0.126. The first kappa shape index (κ1) is 40.4. The molecule has 47 heavy (non-hydrogen) atoms. The van der Waals surface area contributed by atoms with Gasteiger partial charge in [-0.05, 0) is 39.0 Å². The summed E-state index contributed by atoms with van der Waals surface area (Å²) in [5.41, 5.74) is 12.7. The Labute approximate surface area is 304 Å². The van der Waals surface area contributed by atoms with Crippen molar-refractivity contribution in [1.82, 2.24) is 0 Å². The maximum absolute atomic E-state index is 3.06. The third-order valence-corrected chi connectivity index (χ3v) is 9.00. The van der Waals surface area contributed by atoms with Crippen LogP contribution in [0, 0.1) is 28.7 Å². The first-order chi connectivity index (χ1) is 21.2. The third kappa shape index (κ3) is 9.22. The first-order valence-electron chi connectivity index (χ1n) is 16.1. The molecule has 0 aliphatic carbocycles. The van der Waals surface area contributed by atoms with Gasteiger partial charge in [-0.15, -0.1) is 69.1 Å². The fourth-order valence-electron chi connectivity index (χ4n) is 6.03.